The molecule has 1 atom stereocenters. The normalized spacial score (nSPS) is 19.3. The van der Waals surface area contributed by atoms with E-state index in [1.165, 1.54) is 0 Å². The first-order valence-electron chi connectivity index (χ1n) is 10.1. The number of nitrogens with zero attached hydrogens (tertiary/aromatic N) is 5. The average Bonchev–Trinajstić information content (AvgIpc) is 3.20. The summed E-state index contributed by atoms with van der Waals surface area (Å²) in [4.78, 5) is 21.9. The summed E-state index contributed by atoms with van der Waals surface area (Å²) in [5.74, 6) is 1.62. The van der Waals surface area contributed by atoms with E-state index in [0.29, 0.717) is 25.5 Å². The highest BCUT2D eigenvalue weighted by atomic mass is 16.5. The third-order valence-corrected chi connectivity index (χ3v) is 5.73. The fraction of sp³-hybridized carbons (Fsp3) is 0.476. The fourth-order valence-corrected chi connectivity index (χ4v) is 4.15. The summed E-state index contributed by atoms with van der Waals surface area (Å²) in [5, 5.41) is 11.3. The Hall–Kier alpha value is -2.71. The first-order valence-corrected chi connectivity index (χ1v) is 10.1. The molecule has 0 amide bonds. The molecule has 2 N–H and O–H groups in total. The highest BCUT2D eigenvalue weighted by Crippen LogP contribution is 2.37. The molecule has 29 heavy (non-hydrogen) atoms. The third kappa shape index (κ3) is 3.42. The maximum atomic E-state index is 10.2. The van der Waals surface area contributed by atoms with Gasteiger partial charge in [-0.15, -0.1) is 0 Å². The lowest BCUT2D eigenvalue weighted by molar-refractivity contribution is 0.0713. The molecule has 0 unspecified atom stereocenters. The van der Waals surface area contributed by atoms with Gasteiger partial charge in [0.1, 0.15) is 0 Å². The summed E-state index contributed by atoms with van der Waals surface area (Å²) in [5.41, 5.74) is 2.20. The predicted molar refractivity (Wildman–Crippen MR) is 112 cm³/mol. The summed E-state index contributed by atoms with van der Waals surface area (Å²) in [7, 11) is 0. The number of morpholine rings is 1. The van der Waals surface area contributed by atoms with Gasteiger partial charge in [-0.1, -0.05) is 0 Å². The molecule has 8 heteroatoms. The lowest BCUT2D eigenvalue weighted by Crippen LogP contribution is -2.56. The van der Waals surface area contributed by atoms with Crippen LogP contribution in [-0.2, 0) is 4.74 Å². The van der Waals surface area contributed by atoms with E-state index in [4.69, 9.17) is 14.7 Å². The molecule has 0 spiro atoms. The van der Waals surface area contributed by atoms with Crippen LogP contribution in [0.1, 0.15) is 20.3 Å². The third-order valence-electron chi connectivity index (χ3n) is 5.73. The molecule has 5 rings (SSSR count). The Labute approximate surface area is 169 Å². The van der Waals surface area contributed by atoms with Crippen LogP contribution in [0.3, 0.4) is 0 Å². The van der Waals surface area contributed by atoms with Crippen molar-refractivity contribution >= 4 is 22.4 Å². The second-order valence-corrected chi connectivity index (χ2v) is 8.46. The fourth-order valence-electron chi connectivity index (χ4n) is 4.15. The molecule has 0 bridgehead atoms. The van der Waals surface area contributed by atoms with Gasteiger partial charge >= 0.3 is 0 Å². The number of rotatable bonds is 4. The van der Waals surface area contributed by atoms with Gasteiger partial charge in [0, 0.05) is 43.0 Å². The van der Waals surface area contributed by atoms with Crippen LogP contribution in [0.5, 0.6) is 0 Å². The lowest BCUT2D eigenvalue weighted by atomic mass is 10.0. The smallest absolute Gasteiger partial charge is 0.163 e. The topological polar surface area (TPSA) is 90.4 Å². The number of nitrogens with one attached hydrogen (secondary N) is 1. The zero-order chi connectivity index (χ0) is 20.0. The van der Waals surface area contributed by atoms with Gasteiger partial charge in [-0.3, -0.25) is 4.98 Å². The zero-order valence-corrected chi connectivity index (χ0v) is 16.8. The van der Waals surface area contributed by atoms with Crippen molar-refractivity contribution in [2.24, 2.45) is 0 Å². The summed E-state index contributed by atoms with van der Waals surface area (Å²) in [6, 6.07) is 2.28. The minimum Gasteiger partial charge on any atom is -0.390 e. The van der Waals surface area contributed by atoms with E-state index in [2.05, 4.69) is 19.8 Å². The van der Waals surface area contributed by atoms with Crippen molar-refractivity contribution in [3.63, 3.8) is 0 Å². The van der Waals surface area contributed by atoms with Crippen molar-refractivity contribution in [3.05, 3.63) is 30.9 Å². The van der Waals surface area contributed by atoms with Gasteiger partial charge in [0.15, 0.2) is 11.6 Å². The number of fused-ring (bicyclic) bond motifs is 4. The highest BCUT2D eigenvalue weighted by molar-refractivity contribution is 5.92. The van der Waals surface area contributed by atoms with Crippen molar-refractivity contribution in [2.45, 2.75) is 31.9 Å². The molecule has 0 saturated carbocycles. The van der Waals surface area contributed by atoms with Crippen molar-refractivity contribution < 1.29 is 9.84 Å². The quantitative estimate of drug-likeness (QED) is 0.701. The van der Waals surface area contributed by atoms with Crippen LogP contribution in [0.2, 0.25) is 0 Å². The number of pyridine rings is 1. The molecule has 3 aromatic rings. The van der Waals surface area contributed by atoms with Crippen LogP contribution >= 0.6 is 0 Å². The van der Waals surface area contributed by atoms with Gasteiger partial charge in [-0.25, -0.2) is 9.97 Å². The first kappa shape index (κ1) is 18.3. The number of anilines is 2. The SMILES string of the molecule is CC(C)(O)CCN1C[C@@H]2COCCN2c2nc(-c3cncc4[nH]ccc34)ncc21. The van der Waals surface area contributed by atoms with Crippen LogP contribution < -0.4 is 9.80 Å². The van der Waals surface area contributed by atoms with Gasteiger partial charge in [0.2, 0.25) is 0 Å². The van der Waals surface area contributed by atoms with E-state index in [1.807, 2.05) is 44.7 Å². The molecule has 8 nitrogen and oxygen atoms in total. The number of H-pyrrole nitrogens is 1. The van der Waals surface area contributed by atoms with E-state index < -0.39 is 5.60 Å². The minimum atomic E-state index is -0.712. The average molecular weight is 394 g/mol. The van der Waals surface area contributed by atoms with Crippen molar-refractivity contribution in [2.75, 3.05) is 42.6 Å². The van der Waals surface area contributed by atoms with E-state index in [-0.39, 0.29) is 6.04 Å². The Balaban J connectivity index is 1.56. The Morgan fingerprint density at radius 2 is 2.21 bits per heavy atom. The molecule has 0 aromatic carbocycles. The van der Waals surface area contributed by atoms with E-state index in [0.717, 1.165) is 47.6 Å². The van der Waals surface area contributed by atoms with Crippen LogP contribution in [0.25, 0.3) is 22.3 Å². The van der Waals surface area contributed by atoms with Crippen molar-refractivity contribution in [1.29, 1.82) is 0 Å². The summed E-state index contributed by atoms with van der Waals surface area (Å²) >= 11 is 0. The minimum absolute atomic E-state index is 0.252. The first-order chi connectivity index (χ1) is 14.0. The molecule has 5 heterocycles. The van der Waals surface area contributed by atoms with Gasteiger partial charge in [0.25, 0.3) is 0 Å². The standard InChI is InChI=1S/C21H26N6O2/c1-21(2,28)4-6-26-12-14-13-29-8-7-27(14)20-18(26)11-24-19(25-20)16-9-22-10-17-15(16)3-5-23-17/h3,5,9-11,14,23,28H,4,6-8,12-13H2,1-2H3/t14-/m1/s1. The number of ether oxygens (including phenoxy) is 1. The Morgan fingerprint density at radius 3 is 3.07 bits per heavy atom. The molecule has 1 fully saturated rings. The molecule has 1 saturated heterocycles. The van der Waals surface area contributed by atoms with Gasteiger partial charge in [-0.05, 0) is 26.3 Å². The van der Waals surface area contributed by atoms with Gasteiger partial charge in [0.05, 0.1) is 48.5 Å². The van der Waals surface area contributed by atoms with Gasteiger partial charge < -0.3 is 24.6 Å². The summed E-state index contributed by atoms with van der Waals surface area (Å²) in [6.45, 7) is 7.50. The van der Waals surface area contributed by atoms with E-state index >= 15 is 0 Å². The van der Waals surface area contributed by atoms with Crippen molar-refractivity contribution in [3.8, 4) is 11.4 Å². The molecule has 0 aliphatic carbocycles. The molecule has 152 valence electrons. The maximum Gasteiger partial charge on any atom is 0.163 e. The number of aromatic amines is 1. The van der Waals surface area contributed by atoms with Crippen molar-refractivity contribution in [1.82, 2.24) is 19.9 Å². The van der Waals surface area contributed by atoms with Gasteiger partial charge in [-0.2, -0.15) is 0 Å². The Kier molecular flexibility index (Phi) is 4.40. The molecule has 2 aliphatic heterocycles. The lowest BCUT2D eigenvalue weighted by Gasteiger charge is -2.46. The summed E-state index contributed by atoms with van der Waals surface area (Å²) in [6.07, 6.45) is 8.13. The zero-order valence-electron chi connectivity index (χ0n) is 16.8. The van der Waals surface area contributed by atoms with Crippen LogP contribution in [0, 0.1) is 0 Å². The molecular weight excluding hydrogens is 368 g/mol. The molecule has 0 radical (unpaired) electrons. The monoisotopic (exact) mass is 394 g/mol. The van der Waals surface area contributed by atoms with Crippen LogP contribution in [0.15, 0.2) is 30.9 Å². The number of hydrogen-bond acceptors (Lipinski definition) is 7. The predicted octanol–water partition coefficient (Wildman–Crippen LogP) is 2.21. The highest BCUT2D eigenvalue weighted by Gasteiger charge is 2.35. The molecular formula is C21H26N6O2. The maximum absolute atomic E-state index is 10.2. The largest absolute Gasteiger partial charge is 0.390 e. The second-order valence-electron chi connectivity index (χ2n) is 8.46. The Bertz CT molecular complexity index is 1030. The molecule has 3 aromatic heterocycles. The second kappa shape index (κ2) is 6.96. The summed E-state index contributed by atoms with van der Waals surface area (Å²) < 4.78 is 5.73. The Morgan fingerprint density at radius 1 is 1.31 bits per heavy atom. The number of aromatic nitrogens is 4. The van der Waals surface area contributed by atoms with E-state index in [1.54, 1.807) is 0 Å². The van der Waals surface area contributed by atoms with Crippen LogP contribution in [0.4, 0.5) is 11.5 Å². The molecule has 2 aliphatic rings. The van der Waals surface area contributed by atoms with E-state index in [9.17, 15) is 5.11 Å². The number of aliphatic hydroxyl groups is 1. The van der Waals surface area contributed by atoms with Crippen LogP contribution in [-0.4, -0.2) is 69.5 Å². The number of hydrogen-bond donors (Lipinski definition) is 2.